The molecule has 2 aliphatic rings. The SMILES string of the molecule is CN1CCN(c2ncc(-c3ncnc4ccc(C=C5SC(=O)NC5=O)cc34)s2)CC1. The molecule has 0 spiro atoms. The first kappa shape index (κ1) is 19.2. The van der Waals surface area contributed by atoms with Crippen molar-refractivity contribution in [1.82, 2.24) is 25.2 Å². The molecule has 0 atom stereocenters. The van der Waals surface area contributed by atoms with E-state index in [9.17, 15) is 9.59 Å². The Kier molecular flexibility index (Phi) is 4.97. The minimum Gasteiger partial charge on any atom is -0.346 e. The molecule has 30 heavy (non-hydrogen) atoms. The lowest BCUT2D eigenvalue weighted by atomic mass is 10.1. The number of aromatic nitrogens is 3. The average Bonchev–Trinajstić information content (AvgIpc) is 3.34. The minimum atomic E-state index is -0.367. The number of imide groups is 1. The first-order valence-corrected chi connectivity index (χ1v) is 11.1. The largest absolute Gasteiger partial charge is 0.346 e. The van der Waals surface area contributed by atoms with Crippen molar-refractivity contribution < 1.29 is 9.59 Å². The van der Waals surface area contributed by atoms with E-state index < -0.39 is 0 Å². The highest BCUT2D eigenvalue weighted by molar-refractivity contribution is 8.18. The summed E-state index contributed by atoms with van der Waals surface area (Å²) < 4.78 is 0. The van der Waals surface area contributed by atoms with Gasteiger partial charge in [0.15, 0.2) is 5.13 Å². The van der Waals surface area contributed by atoms with Gasteiger partial charge in [-0.05, 0) is 42.6 Å². The molecule has 2 amide bonds. The fourth-order valence-corrected chi connectivity index (χ4v) is 5.11. The number of nitrogens with one attached hydrogen (secondary N) is 1. The third-order valence-electron chi connectivity index (χ3n) is 5.10. The molecule has 0 radical (unpaired) electrons. The molecule has 2 aromatic heterocycles. The van der Waals surface area contributed by atoms with Crippen LogP contribution in [0, 0.1) is 0 Å². The number of likely N-dealkylation sites (N-methyl/N-ethyl adjacent to an activating group) is 1. The van der Waals surface area contributed by atoms with E-state index in [1.807, 2.05) is 24.4 Å². The maximum Gasteiger partial charge on any atom is 0.290 e. The van der Waals surface area contributed by atoms with E-state index in [2.05, 4.69) is 37.1 Å². The average molecular weight is 439 g/mol. The summed E-state index contributed by atoms with van der Waals surface area (Å²) in [6.45, 7) is 3.98. The molecule has 152 valence electrons. The molecule has 2 fully saturated rings. The van der Waals surface area contributed by atoms with Gasteiger partial charge in [0.2, 0.25) is 0 Å². The fourth-order valence-electron chi connectivity index (χ4n) is 3.45. The lowest BCUT2D eigenvalue weighted by Gasteiger charge is -2.32. The quantitative estimate of drug-likeness (QED) is 0.624. The summed E-state index contributed by atoms with van der Waals surface area (Å²) in [6, 6.07) is 5.73. The summed E-state index contributed by atoms with van der Waals surface area (Å²) in [6.07, 6.45) is 5.14. The third kappa shape index (κ3) is 3.69. The number of nitrogens with zero attached hydrogens (tertiary/aromatic N) is 5. The first-order chi connectivity index (χ1) is 14.6. The number of carbonyl (C=O) groups excluding carboxylic acids is 2. The van der Waals surface area contributed by atoms with Gasteiger partial charge in [-0.25, -0.2) is 15.0 Å². The number of anilines is 1. The van der Waals surface area contributed by atoms with Crippen molar-refractivity contribution in [2.24, 2.45) is 0 Å². The third-order valence-corrected chi connectivity index (χ3v) is 6.98. The van der Waals surface area contributed by atoms with Crippen molar-refractivity contribution in [1.29, 1.82) is 0 Å². The Labute approximate surface area is 181 Å². The van der Waals surface area contributed by atoms with Gasteiger partial charge >= 0.3 is 0 Å². The second-order valence-corrected chi connectivity index (χ2v) is 9.17. The van der Waals surface area contributed by atoms with Crippen LogP contribution < -0.4 is 10.2 Å². The highest BCUT2D eigenvalue weighted by Gasteiger charge is 2.25. The van der Waals surface area contributed by atoms with Crippen LogP contribution in [0.2, 0.25) is 0 Å². The number of benzene rings is 1. The van der Waals surface area contributed by atoms with Crippen LogP contribution in [0.4, 0.5) is 9.93 Å². The van der Waals surface area contributed by atoms with Crippen molar-refractivity contribution in [2.75, 3.05) is 38.1 Å². The van der Waals surface area contributed by atoms with Crippen LogP contribution in [-0.2, 0) is 4.79 Å². The lowest BCUT2D eigenvalue weighted by molar-refractivity contribution is -0.115. The van der Waals surface area contributed by atoms with Gasteiger partial charge < -0.3 is 9.80 Å². The Balaban J connectivity index is 1.50. The van der Waals surface area contributed by atoms with Gasteiger partial charge in [0.25, 0.3) is 11.1 Å². The van der Waals surface area contributed by atoms with Crippen molar-refractivity contribution in [3.8, 4) is 10.6 Å². The summed E-state index contributed by atoms with van der Waals surface area (Å²) in [4.78, 5) is 42.8. The predicted octanol–water partition coefficient (Wildman–Crippen LogP) is 2.83. The van der Waals surface area contributed by atoms with Gasteiger partial charge in [0, 0.05) is 37.8 Å². The van der Waals surface area contributed by atoms with Gasteiger partial charge in [-0.15, -0.1) is 0 Å². The molecule has 1 aromatic carbocycles. The normalized spacial score (nSPS) is 19.1. The zero-order chi connectivity index (χ0) is 20.7. The van der Waals surface area contributed by atoms with E-state index in [4.69, 9.17) is 0 Å². The van der Waals surface area contributed by atoms with Gasteiger partial charge in [-0.2, -0.15) is 0 Å². The van der Waals surface area contributed by atoms with Gasteiger partial charge in [0.1, 0.15) is 6.33 Å². The molecule has 2 aliphatic heterocycles. The van der Waals surface area contributed by atoms with E-state index in [0.29, 0.717) is 4.91 Å². The van der Waals surface area contributed by atoms with Crippen LogP contribution >= 0.6 is 23.1 Å². The topological polar surface area (TPSA) is 91.3 Å². The number of amides is 2. The van der Waals surface area contributed by atoms with Crippen LogP contribution in [0.25, 0.3) is 27.6 Å². The Morgan fingerprint density at radius 2 is 1.93 bits per heavy atom. The Hall–Kier alpha value is -2.82. The molecular weight excluding hydrogens is 420 g/mol. The van der Waals surface area contributed by atoms with Crippen molar-refractivity contribution in [2.45, 2.75) is 0 Å². The highest BCUT2D eigenvalue weighted by Crippen LogP contribution is 2.35. The Morgan fingerprint density at radius 3 is 2.70 bits per heavy atom. The van der Waals surface area contributed by atoms with Crippen LogP contribution in [0.15, 0.2) is 35.6 Å². The molecule has 0 unspecified atom stereocenters. The number of thiazole rings is 1. The van der Waals surface area contributed by atoms with Crippen LogP contribution in [-0.4, -0.2) is 64.2 Å². The van der Waals surface area contributed by atoms with Crippen molar-refractivity contribution in [3.05, 3.63) is 41.2 Å². The second kappa shape index (κ2) is 7.78. The molecule has 10 heteroatoms. The highest BCUT2D eigenvalue weighted by atomic mass is 32.2. The van der Waals surface area contributed by atoms with Gasteiger partial charge in [0.05, 0.1) is 21.0 Å². The zero-order valence-electron chi connectivity index (χ0n) is 16.2. The molecule has 2 saturated heterocycles. The van der Waals surface area contributed by atoms with Crippen molar-refractivity contribution in [3.63, 3.8) is 0 Å². The minimum absolute atomic E-state index is 0.350. The van der Waals surface area contributed by atoms with Crippen LogP contribution in [0.1, 0.15) is 5.56 Å². The number of piperazine rings is 1. The molecule has 0 aliphatic carbocycles. The number of thioether (sulfide) groups is 1. The lowest BCUT2D eigenvalue weighted by Crippen LogP contribution is -2.44. The zero-order valence-corrected chi connectivity index (χ0v) is 17.8. The summed E-state index contributed by atoms with van der Waals surface area (Å²) in [5, 5.41) is 3.81. The van der Waals surface area contributed by atoms with E-state index in [1.165, 1.54) is 0 Å². The number of hydrogen-bond donors (Lipinski definition) is 1. The smallest absolute Gasteiger partial charge is 0.290 e. The monoisotopic (exact) mass is 438 g/mol. The standard InChI is InChI=1S/C20H18N6O2S2/c1-25-4-6-26(7-5-25)19-21-10-16(29-19)17-13-8-12(2-3-14(13)22-11-23-17)9-15-18(27)24-20(28)30-15/h2-3,8-11H,4-7H2,1H3,(H,24,27,28). The summed E-state index contributed by atoms with van der Waals surface area (Å²) >= 11 is 2.53. The van der Waals surface area contributed by atoms with Crippen LogP contribution in [0.5, 0.6) is 0 Å². The summed E-state index contributed by atoms with van der Waals surface area (Å²) in [5.74, 6) is -0.367. The molecule has 0 saturated carbocycles. The number of hydrogen-bond acceptors (Lipinski definition) is 9. The first-order valence-electron chi connectivity index (χ1n) is 9.46. The van der Waals surface area contributed by atoms with E-state index in [-0.39, 0.29) is 11.1 Å². The van der Waals surface area contributed by atoms with E-state index >= 15 is 0 Å². The van der Waals surface area contributed by atoms with Crippen LogP contribution in [0.3, 0.4) is 0 Å². The van der Waals surface area contributed by atoms with Gasteiger partial charge in [-0.3, -0.25) is 14.9 Å². The fraction of sp³-hybridized carbons (Fsp3) is 0.250. The molecule has 0 bridgehead atoms. The van der Waals surface area contributed by atoms with Gasteiger partial charge in [-0.1, -0.05) is 17.4 Å². The Morgan fingerprint density at radius 1 is 1.10 bits per heavy atom. The molecule has 4 heterocycles. The van der Waals surface area contributed by atoms with E-state index in [0.717, 1.165) is 70.1 Å². The second-order valence-electron chi connectivity index (χ2n) is 7.15. The van der Waals surface area contributed by atoms with E-state index in [1.54, 1.807) is 23.7 Å². The predicted molar refractivity (Wildman–Crippen MR) is 119 cm³/mol. The molecule has 8 nitrogen and oxygen atoms in total. The number of fused-ring (bicyclic) bond motifs is 1. The maximum atomic E-state index is 11.9. The van der Waals surface area contributed by atoms with Crippen molar-refractivity contribution >= 4 is 56.4 Å². The molecule has 1 N–H and O–H groups in total. The molecule has 3 aromatic rings. The molecular formula is C20H18N6O2S2. The molecule has 5 rings (SSSR count). The maximum absolute atomic E-state index is 11.9. The number of carbonyl (C=O) groups is 2. The number of rotatable bonds is 3. The Bertz CT molecular complexity index is 1180. The summed E-state index contributed by atoms with van der Waals surface area (Å²) in [5.41, 5.74) is 2.45. The summed E-state index contributed by atoms with van der Waals surface area (Å²) in [7, 11) is 2.13.